The number of aliphatic carboxylic acids is 1. The number of hydrogen-bond acceptors (Lipinski definition) is 6. The predicted molar refractivity (Wildman–Crippen MR) is 113 cm³/mol. The van der Waals surface area contributed by atoms with Gasteiger partial charge in [-0.05, 0) is 43.3 Å². The largest absolute Gasteiger partial charge is 0.480 e. The summed E-state index contributed by atoms with van der Waals surface area (Å²) in [4.78, 5) is 21.9. The zero-order valence-corrected chi connectivity index (χ0v) is 17.5. The van der Waals surface area contributed by atoms with E-state index >= 15 is 0 Å². The van der Waals surface area contributed by atoms with E-state index in [1.54, 1.807) is 24.3 Å². The number of benzene rings is 2. The molecule has 0 spiro atoms. The monoisotopic (exact) mass is 435 g/mol. The standard InChI is InChI=1S/C20H25N3O6S/c1-14-3-9-19(10-4-14)30(28,29)23(13-18(25)11-21-12-20(26)27)17-7-5-16(6-8-17)22-15(2)24/h3-10,18,21,25H,11-13H2,1-2H3,(H,22,24)(H,26,27). The molecule has 0 fully saturated rings. The molecule has 9 nitrogen and oxygen atoms in total. The molecular formula is C20H25N3O6S. The van der Waals surface area contributed by atoms with Crippen LogP contribution in [0.3, 0.4) is 0 Å². The van der Waals surface area contributed by atoms with Crippen molar-refractivity contribution in [2.24, 2.45) is 0 Å². The van der Waals surface area contributed by atoms with E-state index in [9.17, 15) is 23.1 Å². The number of carboxylic acids is 1. The van der Waals surface area contributed by atoms with Crippen LogP contribution in [0.2, 0.25) is 0 Å². The average molecular weight is 436 g/mol. The summed E-state index contributed by atoms with van der Waals surface area (Å²) in [6.45, 7) is 2.46. The van der Waals surface area contributed by atoms with Crippen LogP contribution in [0, 0.1) is 6.92 Å². The van der Waals surface area contributed by atoms with Crippen molar-refractivity contribution in [1.29, 1.82) is 0 Å². The number of aryl methyl sites for hydroxylation is 1. The van der Waals surface area contributed by atoms with Gasteiger partial charge in [-0.1, -0.05) is 17.7 Å². The number of hydrogen-bond donors (Lipinski definition) is 4. The van der Waals surface area contributed by atoms with Gasteiger partial charge in [-0.2, -0.15) is 0 Å². The van der Waals surface area contributed by atoms with E-state index in [1.807, 2.05) is 6.92 Å². The lowest BCUT2D eigenvalue weighted by Gasteiger charge is -2.27. The normalized spacial score (nSPS) is 12.2. The molecule has 1 atom stereocenters. The fraction of sp³-hybridized carbons (Fsp3) is 0.300. The molecule has 0 aliphatic rings. The molecule has 2 aromatic rings. The Hall–Kier alpha value is -2.95. The first kappa shape index (κ1) is 23.3. The molecule has 0 bridgehead atoms. The molecule has 2 rings (SSSR count). The zero-order valence-electron chi connectivity index (χ0n) is 16.7. The fourth-order valence-corrected chi connectivity index (χ4v) is 4.20. The lowest BCUT2D eigenvalue weighted by Crippen LogP contribution is -2.42. The van der Waals surface area contributed by atoms with Crippen LogP contribution in [0.5, 0.6) is 0 Å². The predicted octanol–water partition coefficient (Wildman–Crippen LogP) is 1.18. The summed E-state index contributed by atoms with van der Waals surface area (Å²) in [6.07, 6.45) is -1.15. The molecule has 30 heavy (non-hydrogen) atoms. The summed E-state index contributed by atoms with van der Waals surface area (Å²) >= 11 is 0. The van der Waals surface area contributed by atoms with Crippen molar-refractivity contribution in [3.8, 4) is 0 Å². The molecule has 10 heteroatoms. The molecule has 0 saturated heterocycles. The van der Waals surface area contributed by atoms with Gasteiger partial charge in [0.05, 0.1) is 29.8 Å². The summed E-state index contributed by atoms with van der Waals surface area (Å²) in [7, 11) is -4.00. The quantitative estimate of drug-likeness (QED) is 0.440. The number of aliphatic hydroxyl groups is 1. The Morgan fingerprint density at radius 3 is 2.20 bits per heavy atom. The van der Waals surface area contributed by atoms with Crippen molar-refractivity contribution in [2.45, 2.75) is 24.8 Å². The number of carboxylic acid groups (broad SMARTS) is 1. The van der Waals surface area contributed by atoms with Gasteiger partial charge in [-0.25, -0.2) is 8.42 Å². The molecular weight excluding hydrogens is 410 g/mol. The van der Waals surface area contributed by atoms with Gasteiger partial charge in [0.2, 0.25) is 5.91 Å². The van der Waals surface area contributed by atoms with E-state index in [2.05, 4.69) is 10.6 Å². The van der Waals surface area contributed by atoms with E-state index < -0.39 is 22.1 Å². The Kier molecular flexibility index (Phi) is 7.93. The molecule has 2 aromatic carbocycles. The lowest BCUT2D eigenvalue weighted by molar-refractivity contribution is -0.136. The fourth-order valence-electron chi connectivity index (χ4n) is 2.70. The summed E-state index contributed by atoms with van der Waals surface area (Å²) < 4.78 is 27.6. The molecule has 0 aliphatic carbocycles. The van der Waals surface area contributed by atoms with Crippen LogP contribution in [0.25, 0.3) is 0 Å². The minimum absolute atomic E-state index is 0.0599. The number of carbonyl (C=O) groups excluding carboxylic acids is 1. The Morgan fingerprint density at radius 2 is 1.67 bits per heavy atom. The van der Waals surface area contributed by atoms with E-state index in [1.165, 1.54) is 31.2 Å². The van der Waals surface area contributed by atoms with Crippen molar-refractivity contribution in [3.05, 3.63) is 54.1 Å². The lowest BCUT2D eigenvalue weighted by atomic mass is 10.2. The van der Waals surface area contributed by atoms with Gasteiger partial charge in [0.15, 0.2) is 0 Å². The van der Waals surface area contributed by atoms with Crippen molar-refractivity contribution < 1.29 is 28.2 Å². The Morgan fingerprint density at radius 1 is 1.07 bits per heavy atom. The summed E-state index contributed by atoms with van der Waals surface area (Å²) in [5.74, 6) is -1.34. The molecule has 1 unspecified atom stereocenters. The SMILES string of the molecule is CC(=O)Nc1ccc(N(CC(O)CNCC(=O)O)S(=O)(=O)c2ccc(C)cc2)cc1. The van der Waals surface area contributed by atoms with Crippen LogP contribution in [0.1, 0.15) is 12.5 Å². The van der Waals surface area contributed by atoms with Crippen LogP contribution in [-0.4, -0.2) is 56.2 Å². The van der Waals surface area contributed by atoms with Crippen LogP contribution >= 0.6 is 0 Å². The molecule has 0 radical (unpaired) electrons. The summed E-state index contributed by atoms with van der Waals surface area (Å²) in [5, 5.41) is 24.2. The average Bonchev–Trinajstić information content (AvgIpc) is 2.66. The maximum atomic E-state index is 13.3. The minimum atomic E-state index is -4.00. The number of rotatable bonds is 10. The third-order valence-corrected chi connectivity index (χ3v) is 5.93. The maximum absolute atomic E-state index is 13.3. The van der Waals surface area contributed by atoms with Gasteiger partial charge in [-0.15, -0.1) is 0 Å². The number of sulfonamides is 1. The number of aliphatic hydroxyl groups excluding tert-OH is 1. The zero-order chi connectivity index (χ0) is 22.3. The smallest absolute Gasteiger partial charge is 0.317 e. The molecule has 1 amide bonds. The van der Waals surface area contributed by atoms with Crippen molar-refractivity contribution in [1.82, 2.24) is 5.32 Å². The van der Waals surface area contributed by atoms with Gasteiger partial charge in [0, 0.05) is 19.2 Å². The van der Waals surface area contributed by atoms with Crippen LogP contribution in [0.15, 0.2) is 53.4 Å². The van der Waals surface area contributed by atoms with Gasteiger partial charge >= 0.3 is 5.97 Å². The molecule has 4 N–H and O–H groups in total. The second-order valence-corrected chi connectivity index (χ2v) is 8.62. The van der Waals surface area contributed by atoms with E-state index in [4.69, 9.17) is 5.11 Å². The molecule has 0 aliphatic heterocycles. The van der Waals surface area contributed by atoms with Crippen LogP contribution in [-0.2, 0) is 19.6 Å². The highest BCUT2D eigenvalue weighted by molar-refractivity contribution is 7.92. The van der Waals surface area contributed by atoms with Crippen molar-refractivity contribution >= 4 is 33.3 Å². The van der Waals surface area contributed by atoms with Crippen molar-refractivity contribution in [2.75, 3.05) is 29.3 Å². The van der Waals surface area contributed by atoms with E-state index in [0.29, 0.717) is 11.4 Å². The highest BCUT2D eigenvalue weighted by Crippen LogP contribution is 2.26. The number of nitrogens with one attached hydrogen (secondary N) is 2. The second kappa shape index (κ2) is 10.2. The third kappa shape index (κ3) is 6.55. The maximum Gasteiger partial charge on any atom is 0.317 e. The first-order valence-corrected chi connectivity index (χ1v) is 10.6. The third-order valence-electron chi connectivity index (χ3n) is 4.12. The number of anilines is 2. The minimum Gasteiger partial charge on any atom is -0.480 e. The van der Waals surface area contributed by atoms with E-state index in [0.717, 1.165) is 9.87 Å². The van der Waals surface area contributed by atoms with Gasteiger partial charge in [0.1, 0.15) is 0 Å². The number of carbonyl (C=O) groups is 2. The molecule has 0 heterocycles. The van der Waals surface area contributed by atoms with E-state index in [-0.39, 0.29) is 30.4 Å². The Bertz CT molecular complexity index is 975. The van der Waals surface area contributed by atoms with Gasteiger partial charge in [-0.3, -0.25) is 13.9 Å². The van der Waals surface area contributed by atoms with Gasteiger partial charge in [0.25, 0.3) is 10.0 Å². The van der Waals surface area contributed by atoms with Gasteiger partial charge < -0.3 is 20.8 Å². The second-order valence-electron chi connectivity index (χ2n) is 6.76. The first-order chi connectivity index (χ1) is 14.1. The Balaban J connectivity index is 2.33. The first-order valence-electron chi connectivity index (χ1n) is 9.17. The molecule has 0 aromatic heterocycles. The molecule has 162 valence electrons. The molecule has 0 saturated carbocycles. The van der Waals surface area contributed by atoms with Crippen molar-refractivity contribution in [3.63, 3.8) is 0 Å². The van der Waals surface area contributed by atoms with Crippen LogP contribution in [0.4, 0.5) is 11.4 Å². The van der Waals surface area contributed by atoms with Crippen LogP contribution < -0.4 is 14.9 Å². The number of nitrogens with zero attached hydrogens (tertiary/aromatic N) is 1. The Labute approximate surface area is 175 Å². The number of amides is 1. The summed E-state index contributed by atoms with van der Waals surface area (Å²) in [6, 6.07) is 12.5. The summed E-state index contributed by atoms with van der Waals surface area (Å²) in [5.41, 5.74) is 1.70. The highest BCUT2D eigenvalue weighted by atomic mass is 32.2. The highest BCUT2D eigenvalue weighted by Gasteiger charge is 2.27. The topological polar surface area (TPSA) is 136 Å².